The number of methoxy groups -OCH3 is 1. The second-order valence-electron chi connectivity index (χ2n) is 7.14. The van der Waals surface area contributed by atoms with Gasteiger partial charge in [0.25, 0.3) is 0 Å². The minimum absolute atomic E-state index is 0.0542. The van der Waals surface area contributed by atoms with Crippen molar-refractivity contribution in [2.45, 2.75) is 26.8 Å². The molecule has 0 bridgehead atoms. The number of rotatable bonds is 7. The molecule has 1 saturated heterocycles. The van der Waals surface area contributed by atoms with Gasteiger partial charge in [-0.15, -0.1) is 0 Å². The molecular formula is C20H27N3O3. The predicted molar refractivity (Wildman–Crippen MR) is 102 cm³/mol. The van der Waals surface area contributed by atoms with Crippen LogP contribution in [-0.2, 0) is 16.1 Å². The molecule has 1 atom stereocenters. The molecule has 0 spiro atoms. The van der Waals surface area contributed by atoms with Crippen LogP contribution < -0.4 is 10.7 Å². The molecule has 2 heterocycles. The number of fused-ring (bicyclic) bond motifs is 1. The number of likely N-dealkylation sites (tertiary alicyclic amines) is 1. The molecule has 1 amide bonds. The zero-order valence-electron chi connectivity index (χ0n) is 15.7. The Kier molecular flexibility index (Phi) is 5.74. The third kappa shape index (κ3) is 3.97. The van der Waals surface area contributed by atoms with Gasteiger partial charge in [-0.1, -0.05) is 12.1 Å². The minimum Gasteiger partial charge on any atom is -0.383 e. The molecule has 26 heavy (non-hydrogen) atoms. The molecule has 1 aliphatic heterocycles. The fourth-order valence-electron chi connectivity index (χ4n) is 3.63. The van der Waals surface area contributed by atoms with Gasteiger partial charge in [0, 0.05) is 56.9 Å². The quantitative estimate of drug-likeness (QED) is 0.791. The lowest BCUT2D eigenvalue weighted by Gasteiger charge is -2.16. The summed E-state index contributed by atoms with van der Waals surface area (Å²) in [6.45, 7) is 7.30. The first-order valence-electron chi connectivity index (χ1n) is 9.09. The Morgan fingerprint density at radius 3 is 2.81 bits per heavy atom. The number of benzene rings is 1. The summed E-state index contributed by atoms with van der Waals surface area (Å²) >= 11 is 0. The highest BCUT2D eigenvalue weighted by molar-refractivity contribution is 5.84. The number of carbonyl (C=O) groups excluding carboxylic acids is 1. The lowest BCUT2D eigenvalue weighted by Crippen LogP contribution is -2.30. The van der Waals surface area contributed by atoms with Gasteiger partial charge in [0.1, 0.15) is 0 Å². The molecule has 140 valence electrons. The number of hydrogen-bond donors (Lipinski definition) is 2. The molecule has 1 aliphatic rings. The summed E-state index contributed by atoms with van der Waals surface area (Å²) < 4.78 is 5.05. The third-order valence-corrected chi connectivity index (χ3v) is 5.07. The summed E-state index contributed by atoms with van der Waals surface area (Å²) in [6.07, 6.45) is 0.573. The van der Waals surface area contributed by atoms with E-state index in [9.17, 15) is 9.59 Å². The number of aromatic nitrogens is 1. The van der Waals surface area contributed by atoms with E-state index in [0.717, 1.165) is 40.8 Å². The van der Waals surface area contributed by atoms with Crippen LogP contribution in [0.5, 0.6) is 0 Å². The van der Waals surface area contributed by atoms with Gasteiger partial charge in [0.2, 0.25) is 5.91 Å². The van der Waals surface area contributed by atoms with Crippen molar-refractivity contribution in [3.05, 3.63) is 45.2 Å². The second-order valence-corrected chi connectivity index (χ2v) is 7.14. The van der Waals surface area contributed by atoms with Gasteiger partial charge in [0.15, 0.2) is 5.43 Å². The van der Waals surface area contributed by atoms with Crippen molar-refractivity contribution >= 4 is 16.8 Å². The number of pyridine rings is 1. The molecule has 6 heteroatoms. The van der Waals surface area contributed by atoms with E-state index in [0.29, 0.717) is 32.0 Å². The highest BCUT2D eigenvalue weighted by Crippen LogP contribution is 2.18. The molecule has 2 aromatic rings. The number of amides is 1. The Hall–Kier alpha value is -2.18. The average molecular weight is 357 g/mol. The number of aromatic amines is 1. The Morgan fingerprint density at radius 2 is 2.04 bits per heavy atom. The molecule has 1 aromatic carbocycles. The summed E-state index contributed by atoms with van der Waals surface area (Å²) in [4.78, 5) is 29.7. The maximum Gasteiger partial charge on any atom is 0.223 e. The van der Waals surface area contributed by atoms with E-state index in [-0.39, 0.29) is 11.3 Å². The van der Waals surface area contributed by atoms with E-state index in [1.165, 1.54) is 0 Å². The molecule has 0 radical (unpaired) electrons. The summed E-state index contributed by atoms with van der Waals surface area (Å²) in [5.41, 5.74) is 3.90. The monoisotopic (exact) mass is 357 g/mol. The predicted octanol–water partition coefficient (Wildman–Crippen LogP) is 1.73. The van der Waals surface area contributed by atoms with Gasteiger partial charge in [-0.05, 0) is 30.9 Å². The maximum atomic E-state index is 12.5. The second kappa shape index (κ2) is 8.01. The van der Waals surface area contributed by atoms with Crippen LogP contribution in [0.3, 0.4) is 0 Å². The molecule has 1 aromatic heterocycles. The van der Waals surface area contributed by atoms with Gasteiger partial charge < -0.3 is 19.9 Å². The van der Waals surface area contributed by atoms with Crippen molar-refractivity contribution in [3.63, 3.8) is 0 Å². The van der Waals surface area contributed by atoms with Crippen molar-refractivity contribution in [1.29, 1.82) is 0 Å². The number of nitrogens with one attached hydrogen (secondary N) is 2. The topological polar surface area (TPSA) is 74.4 Å². The number of H-pyrrole nitrogens is 1. The molecule has 6 nitrogen and oxygen atoms in total. The minimum atomic E-state index is 0.0542. The van der Waals surface area contributed by atoms with Crippen LogP contribution in [0, 0.1) is 19.8 Å². The molecule has 3 rings (SSSR count). The molecular weight excluding hydrogens is 330 g/mol. The summed E-state index contributed by atoms with van der Waals surface area (Å²) in [5, 5.41) is 4.15. The lowest BCUT2D eigenvalue weighted by atomic mass is 10.0. The Bertz CT molecular complexity index is 859. The first-order valence-corrected chi connectivity index (χ1v) is 9.09. The number of hydrogen-bond acceptors (Lipinski definition) is 4. The number of ether oxygens (including phenoxy) is 1. The van der Waals surface area contributed by atoms with E-state index in [1.807, 2.05) is 30.9 Å². The van der Waals surface area contributed by atoms with E-state index in [2.05, 4.69) is 10.3 Å². The maximum absolute atomic E-state index is 12.5. The van der Waals surface area contributed by atoms with Gasteiger partial charge in [-0.25, -0.2) is 0 Å². The van der Waals surface area contributed by atoms with Crippen molar-refractivity contribution in [2.75, 3.05) is 33.4 Å². The summed E-state index contributed by atoms with van der Waals surface area (Å²) in [5.74, 6) is 0.495. The summed E-state index contributed by atoms with van der Waals surface area (Å²) in [6, 6.07) is 5.69. The van der Waals surface area contributed by atoms with Crippen LogP contribution in [0.4, 0.5) is 0 Å². The first-order chi connectivity index (χ1) is 12.5. The van der Waals surface area contributed by atoms with Crippen molar-refractivity contribution in [3.8, 4) is 0 Å². The highest BCUT2D eigenvalue weighted by Gasteiger charge is 2.28. The van der Waals surface area contributed by atoms with Crippen LogP contribution in [0.1, 0.15) is 23.2 Å². The van der Waals surface area contributed by atoms with E-state index < -0.39 is 0 Å². The zero-order valence-corrected chi connectivity index (χ0v) is 15.7. The van der Waals surface area contributed by atoms with Crippen molar-refractivity contribution in [1.82, 2.24) is 15.2 Å². The van der Waals surface area contributed by atoms with E-state index in [4.69, 9.17) is 4.74 Å². The molecule has 0 unspecified atom stereocenters. The third-order valence-electron chi connectivity index (χ3n) is 5.07. The Labute approximate surface area is 153 Å². The standard InChI is InChI=1S/C20H27N3O3/c1-13-4-5-14(2)20-19(13)17(24)9-16(22-20)11-21-10-15-8-18(25)23(12-15)6-7-26-3/h4-5,9,15,21H,6-8,10-12H2,1-3H3,(H,22,24)/t15-/m0/s1. The summed E-state index contributed by atoms with van der Waals surface area (Å²) in [7, 11) is 1.65. The van der Waals surface area contributed by atoms with Crippen LogP contribution in [0.2, 0.25) is 0 Å². The first kappa shape index (κ1) is 18.6. The molecule has 2 N–H and O–H groups in total. The normalized spacial score (nSPS) is 17.4. The van der Waals surface area contributed by atoms with Crippen molar-refractivity contribution in [2.24, 2.45) is 5.92 Å². The van der Waals surface area contributed by atoms with Crippen LogP contribution in [-0.4, -0.2) is 49.1 Å². The lowest BCUT2D eigenvalue weighted by molar-refractivity contribution is -0.128. The fourth-order valence-corrected chi connectivity index (χ4v) is 3.63. The number of aryl methyl sites for hydroxylation is 2. The highest BCUT2D eigenvalue weighted by atomic mass is 16.5. The van der Waals surface area contributed by atoms with Crippen LogP contribution in [0.25, 0.3) is 10.9 Å². The van der Waals surface area contributed by atoms with Gasteiger partial charge in [-0.2, -0.15) is 0 Å². The van der Waals surface area contributed by atoms with Crippen LogP contribution in [0.15, 0.2) is 23.0 Å². The van der Waals surface area contributed by atoms with Crippen LogP contribution >= 0.6 is 0 Å². The van der Waals surface area contributed by atoms with E-state index >= 15 is 0 Å². The average Bonchev–Trinajstić information content (AvgIpc) is 2.96. The molecule has 1 fully saturated rings. The van der Waals surface area contributed by atoms with Gasteiger partial charge in [0.05, 0.1) is 12.1 Å². The number of carbonyl (C=O) groups is 1. The Morgan fingerprint density at radius 1 is 1.27 bits per heavy atom. The molecule has 0 saturated carbocycles. The van der Waals surface area contributed by atoms with Gasteiger partial charge >= 0.3 is 0 Å². The fraction of sp³-hybridized carbons (Fsp3) is 0.500. The van der Waals surface area contributed by atoms with Gasteiger partial charge in [-0.3, -0.25) is 9.59 Å². The molecule has 0 aliphatic carbocycles. The SMILES string of the molecule is COCCN1C[C@H](CNCc2cc(=O)c3c(C)ccc(C)c3[nH]2)CC1=O. The van der Waals surface area contributed by atoms with E-state index in [1.54, 1.807) is 13.2 Å². The largest absolute Gasteiger partial charge is 0.383 e. The van der Waals surface area contributed by atoms with Crippen molar-refractivity contribution < 1.29 is 9.53 Å². The number of nitrogens with zero attached hydrogens (tertiary/aromatic N) is 1. The Balaban J connectivity index is 1.62. The smallest absolute Gasteiger partial charge is 0.223 e. The zero-order chi connectivity index (χ0) is 18.7.